The van der Waals surface area contributed by atoms with Crippen molar-refractivity contribution in [3.8, 4) is 0 Å². The second-order valence-electron chi connectivity index (χ2n) is 5.75. The highest BCUT2D eigenvalue weighted by molar-refractivity contribution is 7.92. The van der Waals surface area contributed by atoms with Crippen molar-refractivity contribution in [3.05, 3.63) is 29.3 Å². The second kappa shape index (κ2) is 7.13. The highest BCUT2D eigenvalue weighted by Crippen LogP contribution is 2.29. The van der Waals surface area contributed by atoms with E-state index in [-0.39, 0.29) is 5.91 Å². The molecule has 1 aromatic rings. The van der Waals surface area contributed by atoms with Crippen LogP contribution in [-0.4, -0.2) is 33.7 Å². The summed E-state index contributed by atoms with van der Waals surface area (Å²) in [6.07, 6.45) is 6.01. The molecule has 1 N–H and O–H groups in total. The fraction of sp³-hybridized carbons (Fsp3) is 0.562. The molecule has 6 heteroatoms. The molecule has 0 fully saturated rings. The number of fused-ring (bicyclic) bond motifs is 1. The van der Waals surface area contributed by atoms with Crippen molar-refractivity contribution in [2.24, 2.45) is 0 Å². The van der Waals surface area contributed by atoms with Crippen LogP contribution in [0.3, 0.4) is 0 Å². The van der Waals surface area contributed by atoms with Crippen LogP contribution in [0.1, 0.15) is 48.5 Å². The minimum atomic E-state index is -3.26. The van der Waals surface area contributed by atoms with E-state index < -0.39 is 10.0 Å². The summed E-state index contributed by atoms with van der Waals surface area (Å²) in [7, 11) is -3.26. The third kappa shape index (κ3) is 4.00. The summed E-state index contributed by atoms with van der Waals surface area (Å²) in [5.74, 6) is -0.0876. The summed E-state index contributed by atoms with van der Waals surface area (Å²) >= 11 is 0. The van der Waals surface area contributed by atoms with Gasteiger partial charge in [0, 0.05) is 18.7 Å². The Hall–Kier alpha value is -1.56. The van der Waals surface area contributed by atoms with E-state index in [1.807, 2.05) is 6.07 Å². The lowest BCUT2D eigenvalue weighted by Crippen LogP contribution is -2.34. The lowest BCUT2D eigenvalue weighted by Gasteiger charge is -2.29. The number of anilines is 1. The van der Waals surface area contributed by atoms with Crippen molar-refractivity contribution >= 4 is 21.6 Å². The quantitative estimate of drug-likeness (QED) is 0.817. The molecule has 1 amide bonds. The van der Waals surface area contributed by atoms with Gasteiger partial charge in [0.25, 0.3) is 5.91 Å². The molecule has 0 aromatic heterocycles. The fourth-order valence-corrected chi connectivity index (χ4v) is 3.72. The lowest BCUT2D eigenvalue weighted by molar-refractivity contribution is 0.0953. The topological polar surface area (TPSA) is 66.5 Å². The molecule has 1 aromatic carbocycles. The number of nitrogens with zero attached hydrogens (tertiary/aromatic N) is 1. The highest BCUT2D eigenvalue weighted by atomic mass is 32.2. The van der Waals surface area contributed by atoms with Crippen LogP contribution < -0.4 is 9.62 Å². The van der Waals surface area contributed by atoms with Crippen molar-refractivity contribution in [1.29, 1.82) is 0 Å². The SMILES string of the molecule is CCCCCNC(=O)c1ccc2c(c1)CCCN2S(C)(=O)=O. The monoisotopic (exact) mass is 324 g/mol. The number of hydrogen-bond donors (Lipinski definition) is 1. The number of sulfonamides is 1. The molecule has 0 spiro atoms. The Morgan fingerprint density at radius 1 is 1.32 bits per heavy atom. The zero-order valence-corrected chi connectivity index (χ0v) is 14.1. The molecule has 0 bridgehead atoms. The predicted octanol–water partition coefficient (Wildman–Crippen LogP) is 2.32. The van der Waals surface area contributed by atoms with Gasteiger partial charge >= 0.3 is 0 Å². The number of carbonyl (C=O) groups is 1. The molecule has 5 nitrogen and oxygen atoms in total. The minimum absolute atomic E-state index is 0.0876. The van der Waals surface area contributed by atoms with E-state index in [4.69, 9.17) is 0 Å². The maximum absolute atomic E-state index is 12.1. The van der Waals surface area contributed by atoms with Crippen molar-refractivity contribution in [1.82, 2.24) is 5.32 Å². The standard InChI is InChI=1S/C16H24N2O3S/c1-3-4-5-10-17-16(19)14-8-9-15-13(12-14)7-6-11-18(15)22(2,20)21/h8-9,12H,3-7,10-11H2,1-2H3,(H,17,19). The zero-order chi connectivity index (χ0) is 16.2. The van der Waals surface area contributed by atoms with Gasteiger partial charge in [-0.25, -0.2) is 8.42 Å². The summed E-state index contributed by atoms with van der Waals surface area (Å²) in [6, 6.07) is 5.27. The van der Waals surface area contributed by atoms with Gasteiger partial charge in [0.2, 0.25) is 10.0 Å². The third-order valence-electron chi connectivity index (χ3n) is 3.88. The zero-order valence-electron chi connectivity index (χ0n) is 13.3. The Morgan fingerprint density at radius 2 is 2.09 bits per heavy atom. The fourth-order valence-electron chi connectivity index (χ4n) is 2.73. The Morgan fingerprint density at radius 3 is 2.77 bits per heavy atom. The van der Waals surface area contributed by atoms with Crippen LogP contribution in [0.4, 0.5) is 5.69 Å². The first-order valence-corrected chi connectivity index (χ1v) is 9.67. The Kier molecular flexibility index (Phi) is 5.45. The van der Waals surface area contributed by atoms with E-state index in [1.165, 1.54) is 10.6 Å². The molecule has 122 valence electrons. The van der Waals surface area contributed by atoms with Crippen LogP contribution in [-0.2, 0) is 16.4 Å². The average molecular weight is 324 g/mol. The Balaban J connectivity index is 2.13. The van der Waals surface area contributed by atoms with Crippen molar-refractivity contribution in [2.45, 2.75) is 39.0 Å². The van der Waals surface area contributed by atoms with Crippen molar-refractivity contribution in [3.63, 3.8) is 0 Å². The molecule has 0 radical (unpaired) electrons. The van der Waals surface area contributed by atoms with Gasteiger partial charge in [-0.1, -0.05) is 19.8 Å². The second-order valence-corrected chi connectivity index (χ2v) is 7.65. The molecule has 22 heavy (non-hydrogen) atoms. The highest BCUT2D eigenvalue weighted by Gasteiger charge is 2.24. The summed E-state index contributed by atoms with van der Waals surface area (Å²) in [4.78, 5) is 12.1. The van der Waals surface area contributed by atoms with Gasteiger partial charge in [-0.15, -0.1) is 0 Å². The van der Waals surface area contributed by atoms with Crippen LogP contribution in [0.5, 0.6) is 0 Å². The summed E-state index contributed by atoms with van der Waals surface area (Å²) in [6.45, 7) is 3.31. The van der Waals surface area contributed by atoms with Gasteiger partial charge in [0.1, 0.15) is 0 Å². The summed E-state index contributed by atoms with van der Waals surface area (Å²) < 4.78 is 25.1. The molecule has 1 aliphatic rings. The molecular formula is C16H24N2O3S. The van der Waals surface area contributed by atoms with Gasteiger partial charge in [-0.3, -0.25) is 9.10 Å². The Labute approximate surface area is 132 Å². The van der Waals surface area contributed by atoms with E-state index in [0.717, 1.165) is 37.7 Å². The number of benzene rings is 1. The van der Waals surface area contributed by atoms with Gasteiger partial charge < -0.3 is 5.32 Å². The summed E-state index contributed by atoms with van der Waals surface area (Å²) in [5.41, 5.74) is 2.24. The normalized spacial score (nSPS) is 14.5. The number of carbonyl (C=O) groups excluding carboxylic acids is 1. The molecule has 0 saturated heterocycles. The maximum Gasteiger partial charge on any atom is 0.251 e. The number of amides is 1. The van der Waals surface area contributed by atoms with E-state index in [9.17, 15) is 13.2 Å². The molecule has 2 rings (SSSR count). The number of unbranched alkanes of at least 4 members (excludes halogenated alkanes) is 2. The number of aryl methyl sites for hydroxylation is 1. The van der Waals surface area contributed by atoms with Crippen LogP contribution in [0, 0.1) is 0 Å². The first-order valence-electron chi connectivity index (χ1n) is 7.82. The van der Waals surface area contributed by atoms with E-state index in [2.05, 4.69) is 12.2 Å². The molecule has 0 aliphatic carbocycles. The van der Waals surface area contributed by atoms with E-state index in [1.54, 1.807) is 12.1 Å². The first-order chi connectivity index (χ1) is 10.4. The molecular weight excluding hydrogens is 300 g/mol. The Bertz CT molecular complexity index is 641. The van der Waals surface area contributed by atoms with Gasteiger partial charge in [0.05, 0.1) is 11.9 Å². The molecule has 1 aliphatic heterocycles. The van der Waals surface area contributed by atoms with Crippen LogP contribution in [0.2, 0.25) is 0 Å². The minimum Gasteiger partial charge on any atom is -0.352 e. The third-order valence-corrected chi connectivity index (χ3v) is 5.06. The van der Waals surface area contributed by atoms with Crippen LogP contribution in [0.15, 0.2) is 18.2 Å². The predicted molar refractivity (Wildman–Crippen MR) is 88.8 cm³/mol. The van der Waals surface area contributed by atoms with Gasteiger partial charge in [0.15, 0.2) is 0 Å². The van der Waals surface area contributed by atoms with Gasteiger partial charge in [-0.05, 0) is 43.0 Å². The number of nitrogens with one attached hydrogen (secondary N) is 1. The van der Waals surface area contributed by atoms with E-state index >= 15 is 0 Å². The number of rotatable bonds is 6. The lowest BCUT2D eigenvalue weighted by atomic mass is 10.0. The van der Waals surface area contributed by atoms with Crippen molar-refractivity contribution < 1.29 is 13.2 Å². The molecule has 0 atom stereocenters. The van der Waals surface area contributed by atoms with Gasteiger partial charge in [-0.2, -0.15) is 0 Å². The maximum atomic E-state index is 12.1. The summed E-state index contributed by atoms with van der Waals surface area (Å²) in [5, 5.41) is 2.91. The smallest absolute Gasteiger partial charge is 0.251 e. The average Bonchev–Trinajstić information content (AvgIpc) is 2.49. The largest absolute Gasteiger partial charge is 0.352 e. The number of hydrogen-bond acceptors (Lipinski definition) is 3. The van der Waals surface area contributed by atoms with Crippen LogP contribution in [0.25, 0.3) is 0 Å². The van der Waals surface area contributed by atoms with Crippen molar-refractivity contribution in [2.75, 3.05) is 23.7 Å². The first kappa shape index (κ1) is 16.8. The molecule has 0 unspecified atom stereocenters. The molecule has 1 heterocycles. The molecule has 0 saturated carbocycles. The van der Waals surface area contributed by atoms with E-state index in [0.29, 0.717) is 24.3 Å². The van der Waals surface area contributed by atoms with Crippen LogP contribution >= 0.6 is 0 Å².